The molecule has 0 spiro atoms. The van der Waals surface area contributed by atoms with Gasteiger partial charge < -0.3 is 0 Å². The van der Waals surface area contributed by atoms with Gasteiger partial charge in [-0.15, -0.1) is 22.9 Å². The van der Waals surface area contributed by atoms with Gasteiger partial charge in [-0.1, -0.05) is 18.2 Å². The van der Waals surface area contributed by atoms with Crippen molar-refractivity contribution in [3.63, 3.8) is 0 Å². The van der Waals surface area contributed by atoms with Crippen molar-refractivity contribution in [3.8, 4) is 0 Å². The van der Waals surface area contributed by atoms with Gasteiger partial charge in [0, 0.05) is 11.4 Å². The molecule has 0 bridgehead atoms. The minimum atomic E-state index is -3.61. The Labute approximate surface area is 142 Å². The number of para-hydroxylation sites is 1. The second-order valence-electron chi connectivity index (χ2n) is 4.44. The zero-order chi connectivity index (χ0) is 15.6. The molecule has 0 radical (unpaired) electrons. The van der Waals surface area contributed by atoms with Crippen molar-refractivity contribution in [3.05, 3.63) is 44.6 Å². The minimum absolute atomic E-state index is 0.272. The highest BCUT2D eigenvalue weighted by Gasteiger charge is 2.28. The molecule has 1 heterocycles. The monoisotopic (exact) mass is 407 g/mol. The molecule has 0 fully saturated rings. The third-order valence-corrected chi connectivity index (χ3v) is 7.66. The lowest BCUT2D eigenvalue weighted by atomic mass is 10.2. The molecule has 0 N–H and O–H groups in total. The number of nitrogens with zero attached hydrogens (tertiary/aromatic N) is 1. The van der Waals surface area contributed by atoms with Gasteiger partial charge >= 0.3 is 0 Å². The summed E-state index contributed by atoms with van der Waals surface area (Å²) >= 11 is 10.5. The van der Waals surface area contributed by atoms with Gasteiger partial charge in [0.1, 0.15) is 4.90 Å². The maximum Gasteiger partial charge on any atom is 0.266 e. The van der Waals surface area contributed by atoms with E-state index in [2.05, 4.69) is 15.9 Å². The second-order valence-corrected chi connectivity index (χ2v) is 8.99. The molecule has 0 amide bonds. The molecule has 2 rings (SSSR count). The normalized spacial score (nSPS) is 11.6. The molecule has 0 atom stereocenters. The average Bonchev–Trinajstić information content (AvgIpc) is 2.83. The van der Waals surface area contributed by atoms with Crippen molar-refractivity contribution in [2.75, 3.05) is 10.8 Å². The standard InChI is InChI=1S/C14H15BrClNO2S2/c1-3-17(12-7-5-4-6-10(12)2)21(18,19)13-8-11(9-16)20-14(13)15/h4-8H,3,9H2,1-2H3. The molecule has 2 aromatic rings. The van der Waals surface area contributed by atoms with E-state index in [1.807, 2.05) is 38.1 Å². The fraction of sp³-hybridized carbons (Fsp3) is 0.286. The zero-order valence-corrected chi connectivity index (χ0v) is 15.6. The van der Waals surface area contributed by atoms with Crippen LogP contribution in [0.5, 0.6) is 0 Å². The number of alkyl halides is 1. The lowest BCUT2D eigenvalue weighted by Crippen LogP contribution is -2.31. The first-order valence-corrected chi connectivity index (χ1v) is 9.92. The van der Waals surface area contributed by atoms with Crippen LogP contribution in [0, 0.1) is 6.92 Å². The summed E-state index contributed by atoms with van der Waals surface area (Å²) in [5.41, 5.74) is 1.62. The summed E-state index contributed by atoms with van der Waals surface area (Å²) in [5, 5.41) is 0. The highest BCUT2D eigenvalue weighted by atomic mass is 79.9. The lowest BCUT2D eigenvalue weighted by molar-refractivity contribution is 0.591. The van der Waals surface area contributed by atoms with Crippen molar-refractivity contribution in [1.29, 1.82) is 0 Å². The third-order valence-electron chi connectivity index (χ3n) is 3.08. The van der Waals surface area contributed by atoms with Crippen molar-refractivity contribution in [1.82, 2.24) is 0 Å². The molecule has 0 aliphatic carbocycles. The van der Waals surface area contributed by atoms with Gasteiger partial charge in [-0.05, 0) is 47.5 Å². The Morgan fingerprint density at radius 2 is 2.00 bits per heavy atom. The van der Waals surface area contributed by atoms with Crippen LogP contribution in [0.1, 0.15) is 17.4 Å². The predicted octanol–water partition coefficient (Wildman–Crippen LogP) is 4.77. The molecule has 0 saturated heterocycles. The molecule has 0 saturated carbocycles. The quantitative estimate of drug-likeness (QED) is 0.668. The Morgan fingerprint density at radius 3 is 2.52 bits per heavy atom. The molecular weight excluding hydrogens is 394 g/mol. The van der Waals surface area contributed by atoms with Gasteiger partial charge in [-0.25, -0.2) is 8.42 Å². The molecule has 1 aromatic carbocycles. The average molecular weight is 409 g/mol. The summed E-state index contributed by atoms with van der Waals surface area (Å²) in [6.45, 7) is 4.10. The largest absolute Gasteiger partial charge is 0.266 e. The predicted molar refractivity (Wildman–Crippen MR) is 93.0 cm³/mol. The van der Waals surface area contributed by atoms with Crippen molar-refractivity contribution >= 4 is 54.6 Å². The number of anilines is 1. The summed E-state index contributed by atoms with van der Waals surface area (Å²) in [4.78, 5) is 1.09. The number of hydrogen-bond donors (Lipinski definition) is 0. The van der Waals surface area contributed by atoms with Gasteiger partial charge in [-0.2, -0.15) is 0 Å². The molecule has 0 aliphatic heterocycles. The Balaban J connectivity index is 2.55. The fourth-order valence-electron chi connectivity index (χ4n) is 2.07. The van der Waals surface area contributed by atoms with Crippen LogP contribution >= 0.6 is 38.9 Å². The second kappa shape index (κ2) is 6.69. The maximum absolute atomic E-state index is 12.9. The van der Waals surface area contributed by atoms with Crippen LogP contribution in [-0.4, -0.2) is 15.0 Å². The maximum atomic E-state index is 12.9. The van der Waals surface area contributed by atoms with Gasteiger partial charge in [0.05, 0.1) is 15.4 Å². The van der Waals surface area contributed by atoms with Crippen LogP contribution in [-0.2, 0) is 15.9 Å². The van der Waals surface area contributed by atoms with E-state index in [0.29, 0.717) is 21.9 Å². The van der Waals surface area contributed by atoms with Crippen LogP contribution < -0.4 is 4.31 Å². The number of benzene rings is 1. The number of aryl methyl sites for hydroxylation is 1. The molecule has 1 aromatic heterocycles. The first-order valence-electron chi connectivity index (χ1n) is 6.34. The van der Waals surface area contributed by atoms with Gasteiger partial charge in [0.25, 0.3) is 10.0 Å². The summed E-state index contributed by atoms with van der Waals surface area (Å²) in [6.07, 6.45) is 0. The van der Waals surface area contributed by atoms with E-state index in [9.17, 15) is 8.42 Å². The number of hydrogen-bond acceptors (Lipinski definition) is 3. The molecular formula is C14H15BrClNO2S2. The highest BCUT2D eigenvalue weighted by Crippen LogP contribution is 2.36. The number of halogens is 2. The third kappa shape index (κ3) is 3.28. The van der Waals surface area contributed by atoms with Crippen molar-refractivity contribution in [2.24, 2.45) is 0 Å². The summed E-state index contributed by atoms with van der Waals surface area (Å²) in [7, 11) is -3.61. The van der Waals surface area contributed by atoms with Crippen LogP contribution in [0.4, 0.5) is 5.69 Å². The van der Waals surface area contributed by atoms with Crippen LogP contribution in [0.2, 0.25) is 0 Å². The van der Waals surface area contributed by atoms with E-state index in [1.54, 1.807) is 6.07 Å². The molecule has 114 valence electrons. The van der Waals surface area contributed by atoms with E-state index in [1.165, 1.54) is 15.6 Å². The summed E-state index contributed by atoms with van der Waals surface area (Å²) < 4.78 is 27.9. The topological polar surface area (TPSA) is 37.4 Å². The lowest BCUT2D eigenvalue weighted by Gasteiger charge is -2.24. The first-order chi connectivity index (χ1) is 9.91. The van der Waals surface area contributed by atoms with Gasteiger partial charge in [-0.3, -0.25) is 4.31 Å². The summed E-state index contributed by atoms with van der Waals surface area (Å²) in [5.74, 6) is 0.301. The van der Waals surface area contributed by atoms with E-state index in [4.69, 9.17) is 11.6 Å². The van der Waals surface area contributed by atoms with Gasteiger partial charge in [0.15, 0.2) is 0 Å². The van der Waals surface area contributed by atoms with E-state index < -0.39 is 10.0 Å². The number of rotatable bonds is 5. The molecule has 0 aliphatic rings. The first kappa shape index (κ1) is 16.8. The molecule has 3 nitrogen and oxygen atoms in total. The Bertz CT molecular complexity index is 743. The van der Waals surface area contributed by atoms with Crippen LogP contribution in [0.3, 0.4) is 0 Å². The Kier molecular flexibility index (Phi) is 5.35. The smallest absolute Gasteiger partial charge is 0.266 e. The van der Waals surface area contributed by atoms with Crippen LogP contribution in [0.15, 0.2) is 39.0 Å². The number of sulfonamides is 1. The van der Waals surface area contributed by atoms with E-state index in [0.717, 1.165) is 10.4 Å². The molecule has 21 heavy (non-hydrogen) atoms. The van der Waals surface area contributed by atoms with E-state index in [-0.39, 0.29) is 4.90 Å². The van der Waals surface area contributed by atoms with Crippen molar-refractivity contribution in [2.45, 2.75) is 24.6 Å². The van der Waals surface area contributed by atoms with Crippen molar-refractivity contribution < 1.29 is 8.42 Å². The zero-order valence-electron chi connectivity index (χ0n) is 11.6. The molecule has 7 heteroatoms. The SMILES string of the molecule is CCN(c1ccccc1C)S(=O)(=O)c1cc(CCl)sc1Br. The summed E-state index contributed by atoms with van der Waals surface area (Å²) in [6, 6.07) is 9.09. The number of thiophene rings is 1. The van der Waals surface area contributed by atoms with E-state index >= 15 is 0 Å². The Morgan fingerprint density at radius 1 is 1.33 bits per heavy atom. The highest BCUT2D eigenvalue weighted by molar-refractivity contribution is 9.11. The molecule has 0 unspecified atom stereocenters. The van der Waals surface area contributed by atoms with Gasteiger partial charge in [0.2, 0.25) is 0 Å². The minimum Gasteiger partial charge on any atom is -0.266 e. The fourth-order valence-corrected chi connectivity index (χ4v) is 6.34. The van der Waals surface area contributed by atoms with Crippen LogP contribution in [0.25, 0.3) is 0 Å². The Hall–Kier alpha value is -0.560.